The van der Waals surface area contributed by atoms with Crippen LogP contribution in [0.2, 0.25) is 0 Å². The van der Waals surface area contributed by atoms with Gasteiger partial charge in [0.15, 0.2) is 0 Å². The van der Waals surface area contributed by atoms with Crippen molar-refractivity contribution in [1.29, 1.82) is 0 Å². The number of nitrogens with zero attached hydrogens (tertiary/aromatic N) is 1. The lowest BCUT2D eigenvalue weighted by Crippen LogP contribution is -2.08. The fourth-order valence-electron chi connectivity index (χ4n) is 0.935. The van der Waals surface area contributed by atoms with E-state index in [2.05, 4.69) is 0 Å². The van der Waals surface area contributed by atoms with Crippen molar-refractivity contribution in [3.8, 4) is 0 Å². The normalized spacial score (nSPS) is 10.3. The number of benzene rings is 1. The van der Waals surface area contributed by atoms with Crippen molar-refractivity contribution in [1.82, 2.24) is 0 Å². The van der Waals surface area contributed by atoms with E-state index in [1.54, 1.807) is 6.08 Å². The summed E-state index contributed by atoms with van der Waals surface area (Å²) >= 11 is 0. The Bertz CT molecular complexity index is 357. The Labute approximate surface area is 81.0 Å². The van der Waals surface area contributed by atoms with Crippen LogP contribution in [0.1, 0.15) is 12.0 Å². The van der Waals surface area contributed by atoms with Crippen LogP contribution in [0.3, 0.4) is 0 Å². The van der Waals surface area contributed by atoms with Gasteiger partial charge in [0.1, 0.15) is 4.92 Å². The zero-order valence-electron chi connectivity index (χ0n) is 7.42. The monoisotopic (exact) mass is 191 g/mol. The van der Waals surface area contributed by atoms with Crippen molar-refractivity contribution < 1.29 is 9.72 Å². The van der Waals surface area contributed by atoms with Crippen LogP contribution < -0.4 is 0 Å². The molecule has 0 aromatic heterocycles. The molecule has 4 heteroatoms. The van der Waals surface area contributed by atoms with Gasteiger partial charge in [0.25, 0.3) is 0 Å². The summed E-state index contributed by atoms with van der Waals surface area (Å²) < 4.78 is 0. The van der Waals surface area contributed by atoms with Gasteiger partial charge >= 0.3 is 5.91 Å². The lowest BCUT2D eigenvalue weighted by Gasteiger charge is -1.89. The lowest BCUT2D eigenvalue weighted by molar-refractivity contribution is -0.401. The first-order valence-electron chi connectivity index (χ1n) is 4.09. The second-order valence-electron chi connectivity index (χ2n) is 2.67. The van der Waals surface area contributed by atoms with Crippen LogP contribution in [0.25, 0.3) is 6.08 Å². The van der Waals surface area contributed by atoms with Crippen LogP contribution in [0.5, 0.6) is 0 Å². The average Bonchev–Trinajstić information content (AvgIpc) is 2.19. The second-order valence-corrected chi connectivity index (χ2v) is 2.67. The largest absolute Gasteiger partial charge is 0.448 e. The molecule has 0 aliphatic rings. The maximum Gasteiger partial charge on any atom is 0.448 e. The molecule has 72 valence electrons. The molecule has 1 aromatic carbocycles. The smallest absolute Gasteiger partial charge is 0.256 e. The molecule has 14 heavy (non-hydrogen) atoms. The summed E-state index contributed by atoms with van der Waals surface area (Å²) in [6, 6.07) is 9.30. The summed E-state index contributed by atoms with van der Waals surface area (Å²) in [5, 5.41) is 9.96. The standard InChI is InChI=1S/C10H9NO3/c12-10(11(13)14)8-4-7-9-5-2-1-3-6-9/h1-7H,8H2/b7-4+. The first-order valence-corrected chi connectivity index (χ1v) is 4.09. The topological polar surface area (TPSA) is 60.2 Å². The average molecular weight is 191 g/mol. The van der Waals surface area contributed by atoms with E-state index >= 15 is 0 Å². The van der Waals surface area contributed by atoms with Crippen molar-refractivity contribution in [2.45, 2.75) is 6.42 Å². The fraction of sp³-hybridized carbons (Fsp3) is 0.100. The number of amides is 1. The van der Waals surface area contributed by atoms with Gasteiger partial charge in [-0.3, -0.25) is 10.1 Å². The Balaban J connectivity index is 2.50. The van der Waals surface area contributed by atoms with Gasteiger partial charge < -0.3 is 0 Å². The zero-order chi connectivity index (χ0) is 10.4. The van der Waals surface area contributed by atoms with Crippen molar-refractivity contribution in [2.24, 2.45) is 0 Å². The number of carbonyl (C=O) groups is 1. The molecule has 0 aliphatic carbocycles. The molecule has 0 spiro atoms. The van der Waals surface area contributed by atoms with E-state index in [4.69, 9.17) is 0 Å². The number of carbonyl (C=O) groups excluding carboxylic acids is 1. The Kier molecular flexibility index (Phi) is 3.55. The SMILES string of the molecule is O=C(C/C=C/c1ccccc1)[N+](=O)[O-]. The van der Waals surface area contributed by atoms with E-state index in [1.807, 2.05) is 30.3 Å². The first-order chi connectivity index (χ1) is 6.70. The molecular formula is C10H9NO3. The quantitative estimate of drug-likeness (QED) is 0.541. The molecule has 0 bridgehead atoms. The number of nitro groups is 1. The minimum atomic E-state index is -0.989. The zero-order valence-corrected chi connectivity index (χ0v) is 7.42. The minimum Gasteiger partial charge on any atom is -0.256 e. The highest BCUT2D eigenvalue weighted by Gasteiger charge is 2.10. The molecule has 0 atom stereocenters. The highest BCUT2D eigenvalue weighted by atomic mass is 16.6. The molecular weight excluding hydrogens is 182 g/mol. The molecule has 1 aromatic rings. The molecule has 0 unspecified atom stereocenters. The third kappa shape index (κ3) is 3.18. The molecule has 1 rings (SSSR count). The molecule has 0 heterocycles. The van der Waals surface area contributed by atoms with E-state index in [-0.39, 0.29) is 6.42 Å². The maximum absolute atomic E-state index is 10.6. The van der Waals surface area contributed by atoms with Gasteiger partial charge in [0.2, 0.25) is 0 Å². The van der Waals surface area contributed by atoms with E-state index in [0.717, 1.165) is 5.56 Å². The van der Waals surface area contributed by atoms with Gasteiger partial charge in [-0.15, -0.1) is 0 Å². The fourth-order valence-corrected chi connectivity index (χ4v) is 0.935. The summed E-state index contributed by atoms with van der Waals surface area (Å²) in [5.74, 6) is -0.989. The molecule has 0 saturated heterocycles. The van der Waals surface area contributed by atoms with Crippen LogP contribution in [-0.4, -0.2) is 10.8 Å². The molecule has 0 N–H and O–H groups in total. The molecule has 0 saturated carbocycles. The Morgan fingerprint density at radius 2 is 2.00 bits per heavy atom. The number of hydrogen-bond acceptors (Lipinski definition) is 3. The van der Waals surface area contributed by atoms with Gasteiger partial charge in [0, 0.05) is 0 Å². The van der Waals surface area contributed by atoms with Gasteiger partial charge in [-0.05, 0) is 5.56 Å². The predicted molar refractivity (Wildman–Crippen MR) is 52.1 cm³/mol. The van der Waals surface area contributed by atoms with Crippen molar-refractivity contribution >= 4 is 12.0 Å². The highest BCUT2D eigenvalue weighted by molar-refractivity contribution is 5.70. The van der Waals surface area contributed by atoms with E-state index < -0.39 is 10.8 Å². The molecule has 4 nitrogen and oxygen atoms in total. The van der Waals surface area contributed by atoms with Gasteiger partial charge in [-0.1, -0.05) is 42.5 Å². The van der Waals surface area contributed by atoms with E-state index in [0.29, 0.717) is 0 Å². The van der Waals surface area contributed by atoms with Crippen LogP contribution in [0.15, 0.2) is 36.4 Å². The van der Waals surface area contributed by atoms with Crippen molar-refractivity contribution in [3.63, 3.8) is 0 Å². The number of hydrogen-bond donors (Lipinski definition) is 0. The van der Waals surface area contributed by atoms with Crippen molar-refractivity contribution in [2.75, 3.05) is 0 Å². The molecule has 0 fully saturated rings. The van der Waals surface area contributed by atoms with Crippen molar-refractivity contribution in [3.05, 3.63) is 52.1 Å². The third-order valence-corrected chi connectivity index (χ3v) is 1.61. The predicted octanol–water partition coefficient (Wildman–Crippen LogP) is 1.89. The summed E-state index contributed by atoms with van der Waals surface area (Å²) in [7, 11) is 0. The van der Waals surface area contributed by atoms with E-state index in [1.165, 1.54) is 6.08 Å². The van der Waals surface area contributed by atoms with Crippen LogP contribution in [0, 0.1) is 10.1 Å². The molecule has 0 aliphatic heterocycles. The number of rotatable bonds is 3. The maximum atomic E-state index is 10.6. The van der Waals surface area contributed by atoms with E-state index in [9.17, 15) is 14.9 Å². The highest BCUT2D eigenvalue weighted by Crippen LogP contribution is 2.01. The summed E-state index contributed by atoms with van der Waals surface area (Å²) in [5.41, 5.74) is 0.920. The summed E-state index contributed by atoms with van der Waals surface area (Å²) in [6.07, 6.45) is 3.00. The van der Waals surface area contributed by atoms with Gasteiger partial charge in [-0.25, -0.2) is 4.79 Å². The van der Waals surface area contributed by atoms with Gasteiger partial charge in [0.05, 0.1) is 6.42 Å². The van der Waals surface area contributed by atoms with Gasteiger partial charge in [-0.2, -0.15) is 0 Å². The summed E-state index contributed by atoms with van der Waals surface area (Å²) in [4.78, 5) is 19.6. The second kappa shape index (κ2) is 4.91. The van der Waals surface area contributed by atoms with Crippen LogP contribution >= 0.6 is 0 Å². The Morgan fingerprint density at radius 1 is 1.36 bits per heavy atom. The Hall–Kier alpha value is -1.97. The lowest BCUT2D eigenvalue weighted by atomic mass is 10.2. The minimum absolute atomic E-state index is 0.165. The first kappa shape index (κ1) is 10.1. The third-order valence-electron chi connectivity index (χ3n) is 1.61. The van der Waals surface area contributed by atoms with Crippen LogP contribution in [0.4, 0.5) is 0 Å². The molecule has 0 radical (unpaired) electrons. The summed E-state index contributed by atoms with van der Waals surface area (Å²) in [6.45, 7) is 0. The van der Waals surface area contributed by atoms with Crippen LogP contribution in [-0.2, 0) is 4.79 Å². The molecule has 1 amide bonds. The Morgan fingerprint density at radius 3 is 2.57 bits per heavy atom.